The fourth-order valence-corrected chi connectivity index (χ4v) is 3.36. The Morgan fingerprint density at radius 1 is 1.39 bits per heavy atom. The summed E-state index contributed by atoms with van der Waals surface area (Å²) in [7, 11) is 1.75. The van der Waals surface area contributed by atoms with Crippen molar-refractivity contribution in [2.75, 3.05) is 26.8 Å². The molecule has 0 spiro atoms. The molecule has 2 N–H and O–H groups in total. The maximum absolute atomic E-state index is 12.6. The number of piperidine rings is 1. The summed E-state index contributed by atoms with van der Waals surface area (Å²) in [4.78, 5) is 14.6. The molecule has 1 aliphatic carbocycles. The van der Waals surface area contributed by atoms with Gasteiger partial charge in [0, 0.05) is 32.8 Å². The Kier molecular flexibility index (Phi) is 4.28. The van der Waals surface area contributed by atoms with E-state index in [-0.39, 0.29) is 17.4 Å². The van der Waals surface area contributed by atoms with Gasteiger partial charge in [0.25, 0.3) is 0 Å². The second kappa shape index (κ2) is 5.57. The highest BCUT2D eigenvalue weighted by Gasteiger charge is 2.45. The third kappa shape index (κ3) is 2.54. The van der Waals surface area contributed by atoms with Gasteiger partial charge in [-0.1, -0.05) is 6.42 Å². The minimum atomic E-state index is -0.311. The average molecular weight is 254 g/mol. The number of likely N-dealkylation sites (tertiary alicyclic amines) is 1. The molecule has 18 heavy (non-hydrogen) atoms. The SMILES string of the molecule is COCC1CCN(C(=O)C2(C)CCCC2N)CC1. The van der Waals surface area contributed by atoms with E-state index in [9.17, 15) is 4.79 Å². The van der Waals surface area contributed by atoms with Crippen molar-refractivity contribution in [2.45, 2.75) is 45.1 Å². The number of rotatable bonds is 3. The van der Waals surface area contributed by atoms with Crippen molar-refractivity contribution in [1.82, 2.24) is 4.90 Å². The molecule has 0 aromatic heterocycles. The third-order valence-electron chi connectivity index (χ3n) is 4.82. The minimum absolute atomic E-state index is 0.0432. The maximum atomic E-state index is 12.6. The molecule has 1 amide bonds. The number of hydrogen-bond donors (Lipinski definition) is 1. The maximum Gasteiger partial charge on any atom is 0.230 e. The van der Waals surface area contributed by atoms with Gasteiger partial charge in [-0.25, -0.2) is 0 Å². The smallest absolute Gasteiger partial charge is 0.230 e. The lowest BCUT2D eigenvalue weighted by Gasteiger charge is -2.38. The summed E-state index contributed by atoms with van der Waals surface area (Å²) in [6.07, 6.45) is 5.15. The van der Waals surface area contributed by atoms with Crippen LogP contribution in [0.2, 0.25) is 0 Å². The highest BCUT2D eigenvalue weighted by atomic mass is 16.5. The number of hydrogen-bond acceptors (Lipinski definition) is 3. The van der Waals surface area contributed by atoms with Gasteiger partial charge in [-0.05, 0) is 38.5 Å². The van der Waals surface area contributed by atoms with Crippen LogP contribution in [0.1, 0.15) is 39.0 Å². The second-order valence-corrected chi connectivity index (χ2v) is 6.11. The van der Waals surface area contributed by atoms with Crippen LogP contribution in [0.25, 0.3) is 0 Å². The predicted octanol–water partition coefficient (Wildman–Crippen LogP) is 1.39. The zero-order chi connectivity index (χ0) is 13.2. The molecule has 0 bridgehead atoms. The second-order valence-electron chi connectivity index (χ2n) is 6.11. The first-order valence-electron chi connectivity index (χ1n) is 7.12. The Balaban J connectivity index is 1.91. The molecule has 1 heterocycles. The Bertz CT molecular complexity index is 300. The van der Waals surface area contributed by atoms with Gasteiger partial charge >= 0.3 is 0 Å². The van der Waals surface area contributed by atoms with Crippen LogP contribution in [0.5, 0.6) is 0 Å². The molecule has 2 aliphatic rings. The summed E-state index contributed by atoms with van der Waals surface area (Å²) in [5.74, 6) is 0.896. The molecular formula is C14H26N2O2. The van der Waals surface area contributed by atoms with Crippen LogP contribution in [0.4, 0.5) is 0 Å². The van der Waals surface area contributed by atoms with Crippen molar-refractivity contribution in [2.24, 2.45) is 17.1 Å². The monoisotopic (exact) mass is 254 g/mol. The van der Waals surface area contributed by atoms with Crippen LogP contribution >= 0.6 is 0 Å². The van der Waals surface area contributed by atoms with Crippen LogP contribution in [-0.4, -0.2) is 43.7 Å². The van der Waals surface area contributed by atoms with Gasteiger partial charge < -0.3 is 15.4 Å². The van der Waals surface area contributed by atoms with Gasteiger partial charge in [-0.3, -0.25) is 4.79 Å². The first kappa shape index (κ1) is 13.8. The van der Waals surface area contributed by atoms with Gasteiger partial charge in [-0.15, -0.1) is 0 Å². The highest BCUT2D eigenvalue weighted by Crippen LogP contribution is 2.39. The number of methoxy groups -OCH3 is 1. The van der Waals surface area contributed by atoms with Crippen LogP contribution in [0, 0.1) is 11.3 Å². The Morgan fingerprint density at radius 2 is 2.06 bits per heavy atom. The minimum Gasteiger partial charge on any atom is -0.384 e. The first-order valence-corrected chi connectivity index (χ1v) is 7.12. The van der Waals surface area contributed by atoms with E-state index in [1.807, 2.05) is 11.8 Å². The molecule has 2 rings (SSSR count). The zero-order valence-electron chi connectivity index (χ0n) is 11.7. The molecule has 2 unspecified atom stereocenters. The Morgan fingerprint density at radius 3 is 2.56 bits per heavy atom. The standard InChI is InChI=1S/C14H26N2O2/c1-14(7-3-4-12(14)15)13(17)16-8-5-11(6-9-16)10-18-2/h11-12H,3-10,15H2,1-2H3. The van der Waals surface area contributed by atoms with Crippen molar-refractivity contribution >= 4 is 5.91 Å². The fourth-order valence-electron chi connectivity index (χ4n) is 3.36. The van der Waals surface area contributed by atoms with Crippen LogP contribution < -0.4 is 5.73 Å². The molecule has 2 fully saturated rings. The molecule has 104 valence electrons. The summed E-state index contributed by atoms with van der Waals surface area (Å²) in [5, 5.41) is 0. The summed E-state index contributed by atoms with van der Waals surface area (Å²) >= 11 is 0. The molecule has 2 atom stereocenters. The highest BCUT2D eigenvalue weighted by molar-refractivity contribution is 5.83. The average Bonchev–Trinajstić information content (AvgIpc) is 2.71. The summed E-state index contributed by atoms with van der Waals surface area (Å²) < 4.78 is 5.19. The van der Waals surface area contributed by atoms with Gasteiger partial charge in [0.05, 0.1) is 5.41 Å². The fraction of sp³-hybridized carbons (Fsp3) is 0.929. The van der Waals surface area contributed by atoms with Crippen molar-refractivity contribution in [3.8, 4) is 0 Å². The third-order valence-corrected chi connectivity index (χ3v) is 4.82. The van der Waals surface area contributed by atoms with Crippen molar-refractivity contribution in [3.63, 3.8) is 0 Å². The van der Waals surface area contributed by atoms with E-state index in [4.69, 9.17) is 10.5 Å². The lowest BCUT2D eigenvalue weighted by molar-refractivity contribution is -0.143. The van der Waals surface area contributed by atoms with Gasteiger partial charge in [0.1, 0.15) is 0 Å². The van der Waals surface area contributed by atoms with E-state index in [1.165, 1.54) is 0 Å². The first-order chi connectivity index (χ1) is 8.58. The van der Waals surface area contributed by atoms with Crippen molar-refractivity contribution < 1.29 is 9.53 Å². The lowest BCUT2D eigenvalue weighted by atomic mass is 9.82. The van der Waals surface area contributed by atoms with Crippen molar-refractivity contribution in [1.29, 1.82) is 0 Å². The molecule has 4 heteroatoms. The van der Waals surface area contributed by atoms with E-state index in [1.54, 1.807) is 7.11 Å². The molecule has 0 aromatic rings. The lowest BCUT2D eigenvalue weighted by Crippen LogP contribution is -2.51. The van der Waals surface area contributed by atoms with Crippen LogP contribution in [-0.2, 0) is 9.53 Å². The number of nitrogens with zero attached hydrogens (tertiary/aromatic N) is 1. The summed E-state index contributed by atoms with van der Waals surface area (Å²) in [6, 6.07) is 0.0432. The Labute approximate surface area is 110 Å². The number of nitrogens with two attached hydrogens (primary N) is 1. The molecule has 1 saturated carbocycles. The van der Waals surface area contributed by atoms with E-state index < -0.39 is 0 Å². The van der Waals surface area contributed by atoms with Gasteiger partial charge in [0.2, 0.25) is 5.91 Å². The summed E-state index contributed by atoms with van der Waals surface area (Å²) in [6.45, 7) is 4.61. The molecule has 1 saturated heterocycles. The molecule has 0 aromatic carbocycles. The van der Waals surface area contributed by atoms with Crippen LogP contribution in [0.3, 0.4) is 0 Å². The topological polar surface area (TPSA) is 55.6 Å². The van der Waals surface area contributed by atoms with Crippen LogP contribution in [0.15, 0.2) is 0 Å². The van der Waals surface area contributed by atoms with Crippen molar-refractivity contribution in [3.05, 3.63) is 0 Å². The Hall–Kier alpha value is -0.610. The number of carbonyl (C=O) groups excluding carboxylic acids is 1. The zero-order valence-corrected chi connectivity index (χ0v) is 11.7. The van der Waals surface area contributed by atoms with E-state index >= 15 is 0 Å². The molecular weight excluding hydrogens is 228 g/mol. The van der Waals surface area contributed by atoms with E-state index in [0.717, 1.165) is 51.8 Å². The number of amides is 1. The molecule has 4 nitrogen and oxygen atoms in total. The molecule has 0 radical (unpaired) electrons. The summed E-state index contributed by atoms with van der Waals surface area (Å²) in [5.41, 5.74) is 5.82. The van der Waals surface area contributed by atoms with Gasteiger partial charge in [-0.2, -0.15) is 0 Å². The van der Waals surface area contributed by atoms with E-state index in [2.05, 4.69) is 0 Å². The largest absolute Gasteiger partial charge is 0.384 e. The normalized spacial score (nSPS) is 33.9. The van der Waals surface area contributed by atoms with Gasteiger partial charge in [0.15, 0.2) is 0 Å². The quantitative estimate of drug-likeness (QED) is 0.828. The number of carbonyl (C=O) groups is 1. The predicted molar refractivity (Wildman–Crippen MR) is 71.1 cm³/mol. The number of ether oxygens (including phenoxy) is 1. The molecule has 1 aliphatic heterocycles. The van der Waals surface area contributed by atoms with E-state index in [0.29, 0.717) is 5.92 Å².